The molecule has 1 amide bonds. The average Bonchev–Trinajstić information content (AvgIpc) is 2.91. The van der Waals surface area contributed by atoms with Crippen molar-refractivity contribution < 1.29 is 4.79 Å². The molecule has 0 spiro atoms. The number of amides is 1. The first kappa shape index (κ1) is 15.7. The molecule has 0 aliphatic carbocycles. The zero-order chi connectivity index (χ0) is 17.2. The number of halogens is 1. The van der Waals surface area contributed by atoms with E-state index < -0.39 is 0 Å². The SMILES string of the molecule is O=C1c2ccccc2[C@H](Nc2ccccc2)N1Cc1ccccc1Cl. The third-order valence-electron chi connectivity index (χ3n) is 4.43. The Morgan fingerprint density at radius 3 is 2.36 bits per heavy atom. The highest BCUT2D eigenvalue weighted by Gasteiger charge is 2.36. The van der Waals surface area contributed by atoms with Crippen LogP contribution in [0.5, 0.6) is 0 Å². The minimum absolute atomic E-state index is 0.0175. The van der Waals surface area contributed by atoms with Crippen LogP contribution >= 0.6 is 11.6 Å². The number of para-hydroxylation sites is 1. The maximum atomic E-state index is 13.0. The second-order valence-electron chi connectivity index (χ2n) is 6.02. The number of rotatable bonds is 4. The Morgan fingerprint density at radius 1 is 0.880 bits per heavy atom. The quantitative estimate of drug-likeness (QED) is 0.710. The van der Waals surface area contributed by atoms with Crippen molar-refractivity contribution in [1.29, 1.82) is 0 Å². The van der Waals surface area contributed by atoms with Crippen LogP contribution in [0.25, 0.3) is 0 Å². The number of benzene rings is 3. The molecule has 0 saturated carbocycles. The predicted molar refractivity (Wildman–Crippen MR) is 101 cm³/mol. The standard InChI is InChI=1S/C21H17ClN2O/c22-19-13-7-4-8-15(19)14-24-20(23-16-9-2-1-3-10-16)17-11-5-6-12-18(17)21(24)25/h1-13,20,23H,14H2/t20-/m1/s1. The van der Waals surface area contributed by atoms with Gasteiger partial charge in [-0.3, -0.25) is 4.79 Å². The molecule has 25 heavy (non-hydrogen) atoms. The minimum atomic E-state index is -0.220. The van der Waals surface area contributed by atoms with Crippen LogP contribution in [0.4, 0.5) is 5.69 Å². The van der Waals surface area contributed by atoms with Crippen LogP contribution in [0, 0.1) is 0 Å². The second-order valence-corrected chi connectivity index (χ2v) is 6.43. The molecule has 0 fully saturated rings. The van der Waals surface area contributed by atoms with E-state index >= 15 is 0 Å². The lowest BCUT2D eigenvalue weighted by Gasteiger charge is -2.27. The number of hydrogen-bond donors (Lipinski definition) is 1. The maximum Gasteiger partial charge on any atom is 0.256 e. The molecule has 1 heterocycles. The van der Waals surface area contributed by atoms with Crippen molar-refractivity contribution in [3.8, 4) is 0 Å². The Labute approximate surface area is 151 Å². The highest BCUT2D eigenvalue weighted by Crippen LogP contribution is 2.36. The highest BCUT2D eigenvalue weighted by molar-refractivity contribution is 6.31. The van der Waals surface area contributed by atoms with E-state index in [0.29, 0.717) is 11.6 Å². The summed E-state index contributed by atoms with van der Waals surface area (Å²) in [5, 5.41) is 4.15. The van der Waals surface area contributed by atoms with Crippen molar-refractivity contribution >= 4 is 23.2 Å². The molecule has 124 valence electrons. The molecule has 3 aromatic carbocycles. The topological polar surface area (TPSA) is 32.3 Å². The zero-order valence-electron chi connectivity index (χ0n) is 13.5. The van der Waals surface area contributed by atoms with Crippen molar-refractivity contribution in [2.45, 2.75) is 12.7 Å². The molecule has 0 bridgehead atoms. The normalized spacial score (nSPS) is 16.0. The summed E-state index contributed by atoms with van der Waals surface area (Å²) < 4.78 is 0. The molecule has 1 aliphatic rings. The van der Waals surface area contributed by atoms with Gasteiger partial charge in [0.1, 0.15) is 6.17 Å². The lowest BCUT2D eigenvalue weighted by atomic mass is 10.1. The highest BCUT2D eigenvalue weighted by atomic mass is 35.5. The fraction of sp³-hybridized carbons (Fsp3) is 0.0952. The zero-order valence-corrected chi connectivity index (χ0v) is 14.3. The molecule has 0 saturated heterocycles. The summed E-state index contributed by atoms with van der Waals surface area (Å²) in [4.78, 5) is 14.8. The number of anilines is 1. The summed E-state index contributed by atoms with van der Waals surface area (Å²) in [6.07, 6.45) is -0.220. The fourth-order valence-electron chi connectivity index (χ4n) is 3.19. The lowest BCUT2D eigenvalue weighted by molar-refractivity contribution is 0.0729. The van der Waals surface area contributed by atoms with Crippen LogP contribution in [0.15, 0.2) is 78.9 Å². The van der Waals surface area contributed by atoms with Gasteiger partial charge in [0.2, 0.25) is 0 Å². The first-order chi connectivity index (χ1) is 12.2. The third kappa shape index (κ3) is 2.99. The summed E-state index contributed by atoms with van der Waals surface area (Å²) >= 11 is 6.31. The maximum absolute atomic E-state index is 13.0. The van der Waals surface area contributed by atoms with Gasteiger partial charge in [-0.2, -0.15) is 0 Å². The Bertz CT molecular complexity index is 911. The smallest absolute Gasteiger partial charge is 0.256 e. The van der Waals surface area contributed by atoms with Crippen LogP contribution in [-0.2, 0) is 6.54 Å². The molecule has 4 heteroatoms. The molecular formula is C21H17ClN2O. The molecule has 4 rings (SSSR count). The number of nitrogens with zero attached hydrogens (tertiary/aromatic N) is 1. The van der Waals surface area contributed by atoms with E-state index in [1.165, 1.54) is 0 Å². The van der Waals surface area contributed by atoms with E-state index in [2.05, 4.69) is 5.32 Å². The van der Waals surface area contributed by atoms with Gasteiger partial charge < -0.3 is 10.2 Å². The van der Waals surface area contributed by atoms with Gasteiger partial charge >= 0.3 is 0 Å². The van der Waals surface area contributed by atoms with Gasteiger partial charge in [-0.15, -0.1) is 0 Å². The van der Waals surface area contributed by atoms with Gasteiger partial charge in [0.15, 0.2) is 0 Å². The van der Waals surface area contributed by atoms with Crippen LogP contribution in [-0.4, -0.2) is 10.8 Å². The van der Waals surface area contributed by atoms with E-state index in [-0.39, 0.29) is 12.1 Å². The number of carbonyl (C=O) groups is 1. The number of hydrogen-bond acceptors (Lipinski definition) is 2. The second kappa shape index (κ2) is 6.61. The Balaban J connectivity index is 1.71. The van der Waals surface area contributed by atoms with E-state index in [0.717, 1.165) is 22.4 Å². The Hall–Kier alpha value is -2.78. The first-order valence-corrected chi connectivity index (χ1v) is 8.57. The monoisotopic (exact) mass is 348 g/mol. The summed E-state index contributed by atoms with van der Waals surface area (Å²) in [7, 11) is 0. The largest absolute Gasteiger partial charge is 0.361 e. The van der Waals surface area contributed by atoms with Gasteiger partial charge in [0.25, 0.3) is 5.91 Å². The van der Waals surface area contributed by atoms with Crippen LogP contribution in [0.2, 0.25) is 5.02 Å². The van der Waals surface area contributed by atoms with Crippen LogP contribution in [0.1, 0.15) is 27.7 Å². The molecule has 3 nitrogen and oxygen atoms in total. The molecule has 1 aliphatic heterocycles. The van der Waals surface area contributed by atoms with Crippen LogP contribution in [0.3, 0.4) is 0 Å². The average molecular weight is 349 g/mol. The molecule has 0 unspecified atom stereocenters. The Morgan fingerprint density at radius 2 is 1.56 bits per heavy atom. The van der Waals surface area contributed by atoms with Gasteiger partial charge in [0.05, 0.1) is 0 Å². The van der Waals surface area contributed by atoms with E-state index in [1.807, 2.05) is 83.8 Å². The van der Waals surface area contributed by atoms with E-state index in [1.54, 1.807) is 0 Å². The molecule has 0 radical (unpaired) electrons. The number of nitrogens with one attached hydrogen (secondary N) is 1. The number of carbonyl (C=O) groups excluding carboxylic acids is 1. The molecular weight excluding hydrogens is 332 g/mol. The van der Waals surface area contributed by atoms with Crippen molar-refractivity contribution in [3.63, 3.8) is 0 Å². The van der Waals surface area contributed by atoms with Gasteiger partial charge in [0, 0.05) is 28.4 Å². The fourth-order valence-corrected chi connectivity index (χ4v) is 3.39. The van der Waals surface area contributed by atoms with Gasteiger partial charge in [-0.05, 0) is 29.8 Å². The van der Waals surface area contributed by atoms with Gasteiger partial charge in [-0.25, -0.2) is 0 Å². The van der Waals surface area contributed by atoms with E-state index in [4.69, 9.17) is 11.6 Å². The predicted octanol–water partition coefficient (Wildman–Crippen LogP) is 5.11. The van der Waals surface area contributed by atoms with Crippen LogP contribution < -0.4 is 5.32 Å². The lowest BCUT2D eigenvalue weighted by Crippen LogP contribution is -2.32. The summed E-state index contributed by atoms with van der Waals surface area (Å²) in [5.41, 5.74) is 3.64. The summed E-state index contributed by atoms with van der Waals surface area (Å²) in [5.74, 6) is 0.0175. The summed E-state index contributed by atoms with van der Waals surface area (Å²) in [6, 6.07) is 25.3. The number of fused-ring (bicyclic) bond motifs is 1. The molecule has 1 atom stereocenters. The molecule has 1 N–H and O–H groups in total. The van der Waals surface area contributed by atoms with Crippen molar-refractivity contribution in [1.82, 2.24) is 4.90 Å². The van der Waals surface area contributed by atoms with Gasteiger partial charge in [-0.1, -0.05) is 66.2 Å². The Kier molecular flexibility index (Phi) is 4.16. The molecule has 0 aromatic heterocycles. The third-order valence-corrected chi connectivity index (χ3v) is 4.80. The van der Waals surface area contributed by atoms with Crippen molar-refractivity contribution in [2.75, 3.05) is 5.32 Å². The van der Waals surface area contributed by atoms with E-state index in [9.17, 15) is 4.79 Å². The first-order valence-electron chi connectivity index (χ1n) is 8.19. The van der Waals surface area contributed by atoms with Crippen molar-refractivity contribution in [3.05, 3.63) is 101 Å². The minimum Gasteiger partial charge on any atom is -0.361 e. The summed E-state index contributed by atoms with van der Waals surface area (Å²) in [6.45, 7) is 0.456. The molecule has 3 aromatic rings. The van der Waals surface area contributed by atoms with Crippen molar-refractivity contribution in [2.24, 2.45) is 0 Å².